The van der Waals surface area contributed by atoms with Gasteiger partial charge in [-0.2, -0.15) is 0 Å². The minimum absolute atomic E-state index is 0.0715. The molecule has 0 N–H and O–H groups in total. The molecule has 2 aromatic carbocycles. The number of ether oxygens (including phenoxy) is 5. The maximum atomic E-state index is 14.0. The summed E-state index contributed by atoms with van der Waals surface area (Å²) in [5, 5.41) is 0.358. The number of carbonyl (C=O) groups is 1. The number of allylic oxidation sites excluding steroid dienone is 1. The molecule has 11 heteroatoms. The molecule has 1 aliphatic rings. The van der Waals surface area contributed by atoms with Gasteiger partial charge in [-0.15, -0.1) is 0 Å². The molecule has 9 nitrogen and oxygen atoms in total. The van der Waals surface area contributed by atoms with Gasteiger partial charge in [0, 0.05) is 0 Å². The summed E-state index contributed by atoms with van der Waals surface area (Å²) in [6.07, 6.45) is 1.54. The van der Waals surface area contributed by atoms with Crippen LogP contribution >= 0.6 is 22.9 Å². The largest absolute Gasteiger partial charge is 0.493 e. The first-order valence-electron chi connectivity index (χ1n) is 13.6. The van der Waals surface area contributed by atoms with Crippen molar-refractivity contribution in [2.45, 2.75) is 59.8 Å². The average Bonchev–Trinajstić information content (AvgIpc) is 3.23. The monoisotopic (exact) mass is 614 g/mol. The molecule has 224 valence electrons. The lowest BCUT2D eigenvalue weighted by atomic mass is 9.95. The van der Waals surface area contributed by atoms with Crippen molar-refractivity contribution in [1.82, 2.24) is 4.57 Å². The Labute approximate surface area is 253 Å². The SMILES string of the molecule is CCOC(=O)C1=C(C)N=c2s/c(=C/c3cc(Cl)c(OC(C)C)c(OC)c3)c(=O)n2[C@@H]1c1ccc(OC(C)C)c(OC)c1. The summed E-state index contributed by atoms with van der Waals surface area (Å²) in [7, 11) is 3.07. The predicted molar refractivity (Wildman–Crippen MR) is 163 cm³/mol. The van der Waals surface area contributed by atoms with E-state index in [1.807, 2.05) is 33.8 Å². The maximum absolute atomic E-state index is 14.0. The Balaban J connectivity index is 1.92. The lowest BCUT2D eigenvalue weighted by Crippen LogP contribution is -2.40. The number of rotatable bonds is 10. The maximum Gasteiger partial charge on any atom is 0.338 e. The number of halogens is 1. The second-order valence-electron chi connectivity index (χ2n) is 10.1. The molecule has 0 aliphatic carbocycles. The Kier molecular flexibility index (Phi) is 9.68. The lowest BCUT2D eigenvalue weighted by Gasteiger charge is -2.25. The quantitative estimate of drug-likeness (QED) is 0.295. The van der Waals surface area contributed by atoms with Crippen molar-refractivity contribution >= 4 is 35.0 Å². The molecule has 0 spiro atoms. The summed E-state index contributed by atoms with van der Waals surface area (Å²) in [5.41, 5.74) is 1.71. The van der Waals surface area contributed by atoms with Gasteiger partial charge in [0.1, 0.15) is 0 Å². The summed E-state index contributed by atoms with van der Waals surface area (Å²) >= 11 is 7.75. The van der Waals surface area contributed by atoms with Gasteiger partial charge in [-0.05, 0) is 83.0 Å². The fourth-order valence-electron chi connectivity index (χ4n) is 4.64. The molecule has 42 heavy (non-hydrogen) atoms. The van der Waals surface area contributed by atoms with Crippen LogP contribution in [0.15, 0.2) is 51.4 Å². The van der Waals surface area contributed by atoms with Crippen LogP contribution in [0.1, 0.15) is 58.7 Å². The minimum atomic E-state index is -0.801. The molecule has 1 aromatic heterocycles. The molecule has 0 saturated carbocycles. The molecule has 0 fully saturated rings. The van der Waals surface area contributed by atoms with Crippen molar-refractivity contribution in [1.29, 1.82) is 0 Å². The van der Waals surface area contributed by atoms with Crippen molar-refractivity contribution in [3.8, 4) is 23.0 Å². The molecule has 1 aliphatic heterocycles. The number of nitrogens with zero attached hydrogens (tertiary/aromatic N) is 2. The van der Waals surface area contributed by atoms with Gasteiger partial charge in [-0.1, -0.05) is 29.0 Å². The standard InChI is InChI=1S/C31H35ClN2O7S/c1-9-39-30(36)26-18(6)33-31-34(27(26)20-10-11-22(40-16(2)3)23(15-20)37-7)29(35)25(42-31)14-19-12-21(32)28(41-17(4)5)24(13-19)38-8/h10-17,27H,9H2,1-8H3/b25-14+/t27-/m1/s1. The number of esters is 1. The van der Waals surface area contributed by atoms with Crippen LogP contribution in [0.2, 0.25) is 5.02 Å². The molecular formula is C31H35ClN2O7S. The molecule has 0 radical (unpaired) electrons. The van der Waals surface area contributed by atoms with Crippen LogP contribution < -0.4 is 33.8 Å². The average molecular weight is 615 g/mol. The molecule has 4 rings (SSSR count). The van der Waals surface area contributed by atoms with E-state index >= 15 is 0 Å². The number of hydrogen-bond acceptors (Lipinski definition) is 9. The molecule has 0 unspecified atom stereocenters. The Bertz CT molecular complexity index is 1700. The fourth-order valence-corrected chi connectivity index (χ4v) is 5.95. The Hall–Kier alpha value is -3.76. The summed E-state index contributed by atoms with van der Waals surface area (Å²) in [5.74, 6) is 1.37. The summed E-state index contributed by atoms with van der Waals surface area (Å²) < 4.78 is 30.2. The van der Waals surface area contributed by atoms with Gasteiger partial charge in [0.25, 0.3) is 5.56 Å². The molecule has 0 saturated heterocycles. The van der Waals surface area contributed by atoms with E-state index in [2.05, 4.69) is 4.99 Å². The minimum Gasteiger partial charge on any atom is -0.493 e. The van der Waals surface area contributed by atoms with Crippen LogP contribution in [-0.4, -0.2) is 43.6 Å². The van der Waals surface area contributed by atoms with E-state index in [0.717, 1.165) is 0 Å². The van der Waals surface area contributed by atoms with Gasteiger partial charge in [0.05, 0.1) is 59.9 Å². The first-order valence-corrected chi connectivity index (χ1v) is 14.8. The third-order valence-corrected chi connectivity index (χ3v) is 7.55. The lowest BCUT2D eigenvalue weighted by molar-refractivity contribution is -0.139. The number of carbonyl (C=O) groups excluding carboxylic acids is 1. The highest BCUT2D eigenvalue weighted by Gasteiger charge is 2.34. The second kappa shape index (κ2) is 13.0. The highest BCUT2D eigenvalue weighted by atomic mass is 35.5. The van der Waals surface area contributed by atoms with Crippen LogP contribution in [0.3, 0.4) is 0 Å². The third kappa shape index (κ3) is 6.34. The number of hydrogen-bond donors (Lipinski definition) is 0. The summed E-state index contributed by atoms with van der Waals surface area (Å²) in [6.45, 7) is 11.3. The van der Waals surface area contributed by atoms with Crippen LogP contribution in [0, 0.1) is 0 Å². The summed E-state index contributed by atoms with van der Waals surface area (Å²) in [4.78, 5) is 32.3. The first-order chi connectivity index (χ1) is 20.0. The van der Waals surface area contributed by atoms with Crippen LogP contribution in [0.25, 0.3) is 6.08 Å². The van der Waals surface area contributed by atoms with Gasteiger partial charge < -0.3 is 23.7 Å². The molecule has 1 atom stereocenters. The molecular weight excluding hydrogens is 580 g/mol. The Morgan fingerprint density at radius 3 is 2.36 bits per heavy atom. The Morgan fingerprint density at radius 2 is 1.74 bits per heavy atom. The van der Waals surface area contributed by atoms with Crippen molar-refractivity contribution in [3.05, 3.63) is 77.4 Å². The predicted octanol–water partition coefficient (Wildman–Crippen LogP) is 5.04. The highest BCUT2D eigenvalue weighted by Crippen LogP contribution is 2.38. The van der Waals surface area contributed by atoms with E-state index in [-0.39, 0.29) is 29.9 Å². The normalized spacial score (nSPS) is 15.0. The van der Waals surface area contributed by atoms with E-state index in [1.54, 1.807) is 51.3 Å². The van der Waals surface area contributed by atoms with Crippen molar-refractivity contribution in [3.63, 3.8) is 0 Å². The zero-order valence-electron chi connectivity index (χ0n) is 24.9. The molecule has 3 aromatic rings. The van der Waals surface area contributed by atoms with Crippen molar-refractivity contribution in [2.75, 3.05) is 20.8 Å². The van der Waals surface area contributed by atoms with Gasteiger partial charge in [-0.3, -0.25) is 9.36 Å². The summed E-state index contributed by atoms with van der Waals surface area (Å²) in [6, 6.07) is 8.03. The van der Waals surface area contributed by atoms with Crippen LogP contribution in [0.5, 0.6) is 23.0 Å². The van der Waals surface area contributed by atoms with Crippen molar-refractivity contribution < 1.29 is 28.5 Å². The number of benzene rings is 2. The van der Waals surface area contributed by atoms with Gasteiger partial charge >= 0.3 is 5.97 Å². The van der Waals surface area contributed by atoms with E-state index in [9.17, 15) is 9.59 Å². The fraction of sp³-hybridized carbons (Fsp3) is 0.387. The topological polar surface area (TPSA) is 97.6 Å². The zero-order valence-corrected chi connectivity index (χ0v) is 26.5. The highest BCUT2D eigenvalue weighted by molar-refractivity contribution is 7.07. The van der Waals surface area contributed by atoms with Crippen molar-refractivity contribution in [2.24, 2.45) is 4.99 Å². The van der Waals surface area contributed by atoms with Crippen LogP contribution in [0.4, 0.5) is 0 Å². The zero-order chi connectivity index (χ0) is 30.7. The Morgan fingerprint density at radius 1 is 1.05 bits per heavy atom. The number of aromatic nitrogens is 1. The van der Waals surface area contributed by atoms with Gasteiger partial charge in [0.15, 0.2) is 27.8 Å². The molecule has 2 heterocycles. The molecule has 0 bridgehead atoms. The smallest absolute Gasteiger partial charge is 0.338 e. The van der Waals surface area contributed by atoms with Gasteiger partial charge in [-0.25, -0.2) is 9.79 Å². The van der Waals surface area contributed by atoms with E-state index in [1.165, 1.54) is 23.0 Å². The van der Waals surface area contributed by atoms with Gasteiger partial charge in [0.2, 0.25) is 0 Å². The number of fused-ring (bicyclic) bond motifs is 1. The molecule has 0 amide bonds. The number of methoxy groups -OCH3 is 2. The number of thiazole rings is 1. The van der Waals surface area contributed by atoms with E-state index < -0.39 is 12.0 Å². The van der Waals surface area contributed by atoms with Crippen LogP contribution in [-0.2, 0) is 9.53 Å². The van der Waals surface area contributed by atoms with E-state index in [4.69, 9.17) is 35.3 Å². The third-order valence-electron chi connectivity index (χ3n) is 6.29. The second-order valence-corrected chi connectivity index (χ2v) is 11.5. The van der Waals surface area contributed by atoms with E-state index in [0.29, 0.717) is 54.2 Å². The first kappa shape index (κ1) is 31.2.